The molecule has 23 heavy (non-hydrogen) atoms. The van der Waals surface area contributed by atoms with Crippen molar-refractivity contribution in [1.82, 2.24) is 9.88 Å². The number of benzene rings is 1. The highest BCUT2D eigenvalue weighted by Gasteiger charge is 2.30. The molecule has 1 atom stereocenters. The zero-order chi connectivity index (χ0) is 16.6. The van der Waals surface area contributed by atoms with Crippen LogP contribution in [0, 0.1) is 5.92 Å². The van der Waals surface area contributed by atoms with E-state index < -0.39 is 0 Å². The van der Waals surface area contributed by atoms with Crippen LogP contribution in [0.25, 0.3) is 10.9 Å². The Balaban J connectivity index is 1.91. The second kappa shape index (κ2) is 5.83. The summed E-state index contributed by atoms with van der Waals surface area (Å²) >= 11 is 0. The zero-order valence-electron chi connectivity index (χ0n) is 13.1. The van der Waals surface area contributed by atoms with Gasteiger partial charge in [0.05, 0.1) is 25.7 Å². The third-order valence-corrected chi connectivity index (χ3v) is 4.23. The van der Waals surface area contributed by atoms with E-state index in [2.05, 4.69) is 4.98 Å². The Morgan fingerprint density at radius 1 is 1.26 bits per heavy atom. The Labute approximate surface area is 133 Å². The van der Waals surface area contributed by atoms with Gasteiger partial charge < -0.3 is 25.1 Å². The first-order valence-corrected chi connectivity index (χ1v) is 7.36. The molecule has 0 radical (unpaired) electrons. The van der Waals surface area contributed by atoms with Gasteiger partial charge in [0.15, 0.2) is 0 Å². The summed E-state index contributed by atoms with van der Waals surface area (Å²) in [5.41, 5.74) is 6.51. The Bertz CT molecular complexity index is 768. The number of carbonyl (C=O) groups is 2. The Hall–Kier alpha value is -2.70. The predicted molar refractivity (Wildman–Crippen MR) is 84.6 cm³/mol. The zero-order valence-corrected chi connectivity index (χ0v) is 13.1. The molecule has 1 aliphatic heterocycles. The fraction of sp³-hybridized carbons (Fsp3) is 0.375. The van der Waals surface area contributed by atoms with Gasteiger partial charge >= 0.3 is 0 Å². The lowest BCUT2D eigenvalue weighted by Gasteiger charge is -2.14. The number of ether oxygens (including phenoxy) is 2. The van der Waals surface area contributed by atoms with Crippen molar-refractivity contribution < 1.29 is 19.1 Å². The van der Waals surface area contributed by atoms with Gasteiger partial charge in [-0.25, -0.2) is 0 Å². The van der Waals surface area contributed by atoms with Crippen LogP contribution in [0.3, 0.4) is 0 Å². The van der Waals surface area contributed by atoms with Crippen molar-refractivity contribution in [3.8, 4) is 11.5 Å². The maximum Gasteiger partial charge on any atom is 0.270 e. The third-order valence-electron chi connectivity index (χ3n) is 4.23. The fourth-order valence-corrected chi connectivity index (χ4v) is 2.93. The van der Waals surface area contributed by atoms with Crippen molar-refractivity contribution in [2.75, 3.05) is 27.3 Å². The van der Waals surface area contributed by atoms with Gasteiger partial charge in [0.25, 0.3) is 5.91 Å². The molecule has 0 spiro atoms. The monoisotopic (exact) mass is 317 g/mol. The first-order valence-electron chi connectivity index (χ1n) is 7.36. The van der Waals surface area contributed by atoms with E-state index in [0.29, 0.717) is 36.7 Å². The van der Waals surface area contributed by atoms with Gasteiger partial charge in [-0.3, -0.25) is 9.59 Å². The number of amides is 2. The van der Waals surface area contributed by atoms with Crippen LogP contribution in [0.5, 0.6) is 11.5 Å². The van der Waals surface area contributed by atoms with Crippen LogP contribution in [-0.4, -0.2) is 49.0 Å². The number of nitrogens with zero attached hydrogens (tertiary/aromatic N) is 1. The number of likely N-dealkylation sites (tertiary alicyclic amines) is 1. The van der Waals surface area contributed by atoms with Gasteiger partial charge in [0.2, 0.25) is 5.91 Å². The molecule has 7 nitrogen and oxygen atoms in total. The van der Waals surface area contributed by atoms with Gasteiger partial charge in [-0.2, -0.15) is 0 Å². The number of fused-ring (bicyclic) bond motifs is 1. The van der Waals surface area contributed by atoms with E-state index in [9.17, 15) is 9.59 Å². The maximum absolute atomic E-state index is 12.6. The van der Waals surface area contributed by atoms with E-state index in [1.165, 1.54) is 0 Å². The summed E-state index contributed by atoms with van der Waals surface area (Å²) in [6, 6.07) is 5.35. The molecule has 2 amide bonds. The highest BCUT2D eigenvalue weighted by Crippen LogP contribution is 2.31. The number of aromatic nitrogens is 1. The number of primary amides is 1. The largest absolute Gasteiger partial charge is 0.497 e. The molecular weight excluding hydrogens is 298 g/mol. The number of hydrogen-bond donors (Lipinski definition) is 2. The molecule has 0 bridgehead atoms. The normalized spacial score (nSPS) is 17.5. The van der Waals surface area contributed by atoms with Crippen molar-refractivity contribution in [2.45, 2.75) is 6.42 Å². The van der Waals surface area contributed by atoms with Crippen molar-refractivity contribution >= 4 is 22.7 Å². The molecule has 3 N–H and O–H groups in total. The van der Waals surface area contributed by atoms with Crippen LogP contribution in [0.2, 0.25) is 0 Å². The summed E-state index contributed by atoms with van der Waals surface area (Å²) in [5.74, 6) is 0.490. The first-order chi connectivity index (χ1) is 11.0. The third kappa shape index (κ3) is 2.69. The molecule has 0 saturated carbocycles. The van der Waals surface area contributed by atoms with Crippen LogP contribution in [0.15, 0.2) is 18.2 Å². The lowest BCUT2D eigenvalue weighted by atomic mass is 10.1. The summed E-state index contributed by atoms with van der Waals surface area (Å²) in [7, 11) is 3.14. The lowest BCUT2D eigenvalue weighted by Crippen LogP contribution is -2.31. The van der Waals surface area contributed by atoms with E-state index in [1.54, 1.807) is 31.3 Å². The summed E-state index contributed by atoms with van der Waals surface area (Å²) in [6.07, 6.45) is 0.610. The first kappa shape index (κ1) is 15.2. The predicted octanol–water partition coefficient (Wildman–Crippen LogP) is 1.13. The highest BCUT2D eigenvalue weighted by atomic mass is 16.5. The minimum Gasteiger partial charge on any atom is -0.497 e. The summed E-state index contributed by atoms with van der Waals surface area (Å²) in [4.78, 5) is 28.6. The van der Waals surface area contributed by atoms with E-state index in [0.717, 1.165) is 10.9 Å². The Morgan fingerprint density at radius 2 is 2.04 bits per heavy atom. The summed E-state index contributed by atoms with van der Waals surface area (Å²) in [6.45, 7) is 0.895. The molecule has 2 heterocycles. The molecule has 1 aliphatic rings. The van der Waals surface area contributed by atoms with E-state index >= 15 is 0 Å². The number of hydrogen-bond acceptors (Lipinski definition) is 4. The molecule has 0 unspecified atom stereocenters. The minimum atomic E-state index is -0.358. The lowest BCUT2D eigenvalue weighted by molar-refractivity contribution is -0.121. The van der Waals surface area contributed by atoms with Crippen LogP contribution in [-0.2, 0) is 4.79 Å². The molecule has 7 heteroatoms. The Kier molecular flexibility index (Phi) is 3.85. The van der Waals surface area contributed by atoms with Crippen molar-refractivity contribution in [2.24, 2.45) is 11.7 Å². The average molecular weight is 317 g/mol. The minimum absolute atomic E-state index is 0.147. The molecule has 1 saturated heterocycles. The van der Waals surface area contributed by atoms with Gasteiger partial charge in [-0.05, 0) is 18.6 Å². The maximum atomic E-state index is 12.6. The molecule has 3 rings (SSSR count). The number of methoxy groups -OCH3 is 2. The van der Waals surface area contributed by atoms with Crippen LogP contribution in [0.4, 0.5) is 0 Å². The summed E-state index contributed by atoms with van der Waals surface area (Å²) in [5, 5.41) is 0.829. The number of carbonyl (C=O) groups excluding carboxylic acids is 2. The molecule has 2 aromatic rings. The van der Waals surface area contributed by atoms with Crippen molar-refractivity contribution in [1.29, 1.82) is 0 Å². The van der Waals surface area contributed by atoms with Gasteiger partial charge in [-0.1, -0.05) is 0 Å². The SMILES string of the molecule is COc1cc(OC)c2[nH]c(C(=O)N3CC[C@@H](C(N)=O)C3)cc2c1. The molecule has 1 aromatic heterocycles. The van der Waals surface area contributed by atoms with Crippen LogP contribution < -0.4 is 15.2 Å². The second-order valence-corrected chi connectivity index (χ2v) is 5.62. The summed E-state index contributed by atoms with van der Waals surface area (Å²) < 4.78 is 10.6. The number of rotatable bonds is 4. The number of nitrogens with two attached hydrogens (primary N) is 1. The Morgan fingerprint density at radius 3 is 2.65 bits per heavy atom. The van der Waals surface area contributed by atoms with Crippen LogP contribution in [0.1, 0.15) is 16.9 Å². The molecule has 0 aliphatic carbocycles. The van der Waals surface area contributed by atoms with Crippen LogP contribution >= 0.6 is 0 Å². The van der Waals surface area contributed by atoms with Crippen molar-refractivity contribution in [3.63, 3.8) is 0 Å². The highest BCUT2D eigenvalue weighted by molar-refractivity contribution is 6.00. The van der Waals surface area contributed by atoms with Crippen molar-refractivity contribution in [3.05, 3.63) is 23.9 Å². The molecule has 122 valence electrons. The number of H-pyrrole nitrogens is 1. The fourth-order valence-electron chi connectivity index (χ4n) is 2.93. The molecule has 1 aromatic carbocycles. The van der Waals surface area contributed by atoms with Gasteiger partial charge in [0.1, 0.15) is 17.2 Å². The molecule has 1 fully saturated rings. The molecular formula is C16H19N3O4. The van der Waals surface area contributed by atoms with E-state index in [4.69, 9.17) is 15.2 Å². The second-order valence-electron chi connectivity index (χ2n) is 5.62. The standard InChI is InChI=1S/C16H19N3O4/c1-22-11-5-10-6-12(18-14(10)13(7-11)23-2)16(21)19-4-3-9(8-19)15(17)20/h5-7,9,18H,3-4,8H2,1-2H3,(H2,17,20)/t9-/m1/s1. The average Bonchev–Trinajstić information content (AvgIpc) is 3.19. The number of nitrogens with one attached hydrogen (secondary N) is 1. The van der Waals surface area contributed by atoms with Gasteiger partial charge in [-0.15, -0.1) is 0 Å². The quantitative estimate of drug-likeness (QED) is 0.883. The van der Waals surface area contributed by atoms with E-state index in [1.807, 2.05) is 6.07 Å². The smallest absolute Gasteiger partial charge is 0.270 e. The van der Waals surface area contributed by atoms with Gasteiger partial charge in [0, 0.05) is 24.5 Å². The number of aromatic amines is 1. The van der Waals surface area contributed by atoms with E-state index in [-0.39, 0.29) is 17.7 Å². The topological polar surface area (TPSA) is 97.7 Å².